The highest BCUT2D eigenvalue weighted by Gasteiger charge is 2.25. The van der Waals surface area contributed by atoms with E-state index in [-0.39, 0.29) is 34.6 Å². The van der Waals surface area contributed by atoms with Crippen LogP contribution in [0.1, 0.15) is 42.1 Å². The first kappa shape index (κ1) is 26.0. The number of aromatic carboxylic acids is 1. The Morgan fingerprint density at radius 2 is 2.08 bits per heavy atom. The second-order valence-corrected chi connectivity index (χ2v) is 9.02. The zero-order valence-electron chi connectivity index (χ0n) is 20.4. The maximum Gasteiger partial charge on any atom is 0.335 e. The molecule has 0 saturated heterocycles. The molecule has 0 amide bonds. The number of ether oxygens (including phenoxy) is 2. The molecule has 1 atom stereocenters. The van der Waals surface area contributed by atoms with E-state index in [1.54, 1.807) is 0 Å². The molecule has 3 aromatic rings. The average Bonchev–Trinajstić information content (AvgIpc) is 3.69. The van der Waals surface area contributed by atoms with Crippen molar-refractivity contribution in [2.75, 3.05) is 18.5 Å². The Morgan fingerprint density at radius 1 is 1.27 bits per heavy atom. The molecule has 11 heteroatoms. The number of carboxylic acid groups (broad SMARTS) is 1. The third kappa shape index (κ3) is 6.99. The van der Waals surface area contributed by atoms with Gasteiger partial charge in [0.25, 0.3) is 5.69 Å². The quantitative estimate of drug-likeness (QED) is 0.221. The molecule has 4 N–H and O–H groups in total. The molecule has 2 aromatic carbocycles. The van der Waals surface area contributed by atoms with Gasteiger partial charge in [0.1, 0.15) is 5.75 Å². The molecular weight excluding hydrogens is 478 g/mol. The average molecular weight is 508 g/mol. The van der Waals surface area contributed by atoms with E-state index in [2.05, 4.69) is 22.2 Å². The van der Waals surface area contributed by atoms with Gasteiger partial charge >= 0.3 is 5.97 Å². The van der Waals surface area contributed by atoms with Crippen molar-refractivity contribution in [3.63, 3.8) is 0 Å². The second kappa shape index (κ2) is 11.8. The monoisotopic (exact) mass is 507 g/mol. The number of nitrogens with one attached hydrogen (secondary N) is 1. The van der Waals surface area contributed by atoms with Gasteiger partial charge in [-0.25, -0.2) is 14.8 Å². The van der Waals surface area contributed by atoms with Crippen molar-refractivity contribution in [3.8, 4) is 17.0 Å². The number of hydrogen-bond donors (Lipinski definition) is 3. The van der Waals surface area contributed by atoms with Crippen LogP contribution >= 0.6 is 0 Å². The van der Waals surface area contributed by atoms with Gasteiger partial charge in [-0.05, 0) is 68.1 Å². The van der Waals surface area contributed by atoms with Gasteiger partial charge in [0.15, 0.2) is 0 Å². The van der Waals surface area contributed by atoms with Gasteiger partial charge in [-0.3, -0.25) is 10.1 Å². The Balaban J connectivity index is 1.55. The fourth-order valence-corrected chi connectivity index (χ4v) is 3.72. The lowest BCUT2D eigenvalue weighted by molar-refractivity contribution is -0.384. The molecular formula is C26H29N5O6. The molecule has 0 spiro atoms. The number of anilines is 2. The van der Waals surface area contributed by atoms with E-state index in [4.69, 9.17) is 15.2 Å². The minimum absolute atomic E-state index is 0.177. The van der Waals surface area contributed by atoms with Crippen LogP contribution in [-0.2, 0) is 11.3 Å². The number of rotatable bonds is 13. The summed E-state index contributed by atoms with van der Waals surface area (Å²) >= 11 is 0. The topological polar surface area (TPSA) is 163 Å². The third-order valence-electron chi connectivity index (χ3n) is 5.83. The number of nitro benzene ring substituents is 1. The summed E-state index contributed by atoms with van der Waals surface area (Å²) in [6.07, 6.45) is 4.67. The maximum atomic E-state index is 11.6. The Hall–Kier alpha value is -4.09. The lowest BCUT2D eigenvalue weighted by Gasteiger charge is -2.15. The Bertz CT molecular complexity index is 1280. The molecule has 11 nitrogen and oxygen atoms in total. The predicted molar refractivity (Wildman–Crippen MR) is 137 cm³/mol. The molecule has 1 aliphatic rings. The number of nitro groups is 1. The molecule has 0 radical (unpaired) electrons. The third-order valence-corrected chi connectivity index (χ3v) is 5.83. The van der Waals surface area contributed by atoms with Crippen LogP contribution in [0.3, 0.4) is 0 Å². The highest BCUT2D eigenvalue weighted by atomic mass is 16.6. The van der Waals surface area contributed by atoms with Crippen LogP contribution in [0.15, 0.2) is 48.7 Å². The summed E-state index contributed by atoms with van der Waals surface area (Å²) < 4.78 is 12.0. The molecule has 4 rings (SSSR count). The summed E-state index contributed by atoms with van der Waals surface area (Å²) in [4.78, 5) is 30.9. The summed E-state index contributed by atoms with van der Waals surface area (Å²) in [6.45, 7) is 3.67. The fourth-order valence-electron chi connectivity index (χ4n) is 3.72. The number of benzene rings is 2. The first-order valence-corrected chi connectivity index (χ1v) is 12.0. The molecule has 1 fully saturated rings. The van der Waals surface area contributed by atoms with Crippen molar-refractivity contribution >= 4 is 23.3 Å². The lowest BCUT2D eigenvalue weighted by atomic mass is 10.1. The summed E-state index contributed by atoms with van der Waals surface area (Å²) in [5.74, 6) is 0.100. The molecule has 1 heterocycles. The first-order chi connectivity index (χ1) is 17.8. The second-order valence-electron chi connectivity index (χ2n) is 9.02. The first-order valence-electron chi connectivity index (χ1n) is 12.0. The number of aromatic nitrogens is 2. The molecule has 1 saturated carbocycles. The van der Waals surface area contributed by atoms with Crippen LogP contribution in [0.2, 0.25) is 0 Å². The van der Waals surface area contributed by atoms with E-state index in [0.717, 1.165) is 36.6 Å². The van der Waals surface area contributed by atoms with Crippen molar-refractivity contribution in [2.24, 2.45) is 11.7 Å². The number of nitrogens with two attached hydrogens (primary N) is 1. The van der Waals surface area contributed by atoms with Gasteiger partial charge < -0.3 is 25.6 Å². The van der Waals surface area contributed by atoms with Crippen molar-refractivity contribution in [1.82, 2.24) is 9.97 Å². The molecule has 1 aliphatic carbocycles. The summed E-state index contributed by atoms with van der Waals surface area (Å²) in [7, 11) is 0. The van der Waals surface area contributed by atoms with Crippen molar-refractivity contribution < 1.29 is 24.3 Å². The van der Waals surface area contributed by atoms with E-state index in [1.165, 1.54) is 24.4 Å². The summed E-state index contributed by atoms with van der Waals surface area (Å²) in [5.41, 5.74) is 7.15. The van der Waals surface area contributed by atoms with E-state index < -0.39 is 10.9 Å². The van der Waals surface area contributed by atoms with Crippen LogP contribution in [-0.4, -0.2) is 45.2 Å². The van der Waals surface area contributed by atoms with Gasteiger partial charge in [-0.15, -0.1) is 0 Å². The van der Waals surface area contributed by atoms with Crippen molar-refractivity contribution in [3.05, 3.63) is 69.9 Å². The Labute approximate surface area is 213 Å². The lowest BCUT2D eigenvalue weighted by Crippen LogP contribution is -2.12. The Kier molecular flexibility index (Phi) is 8.26. The van der Waals surface area contributed by atoms with Crippen molar-refractivity contribution in [1.29, 1.82) is 0 Å². The maximum absolute atomic E-state index is 11.6. The molecule has 1 unspecified atom stereocenters. The molecule has 37 heavy (non-hydrogen) atoms. The minimum atomic E-state index is -1.25. The van der Waals surface area contributed by atoms with Gasteiger partial charge in [0, 0.05) is 30.1 Å². The highest BCUT2D eigenvalue weighted by molar-refractivity contribution is 5.90. The van der Waals surface area contributed by atoms with Gasteiger partial charge in [0.2, 0.25) is 5.95 Å². The minimum Gasteiger partial charge on any atom is -0.490 e. The standard InChI is InChI=1S/C26H29N5O6/c1-16(8-10-27)14-36-15-18-12-19(3-7-24(18)37-20-4-5-20)29-26-28-11-9-22(30-26)21-6-2-17(25(32)33)13-23(21)31(34)35/h2-3,6-7,9,11-13,16,20H,4-5,8,10,14-15,27H2,1H3,(H,32,33)(H,28,29,30). The number of carboxylic acids is 1. The summed E-state index contributed by atoms with van der Waals surface area (Å²) in [6, 6.07) is 10.9. The van der Waals surface area contributed by atoms with E-state index in [1.807, 2.05) is 18.2 Å². The van der Waals surface area contributed by atoms with Crippen molar-refractivity contribution in [2.45, 2.75) is 38.9 Å². The van der Waals surface area contributed by atoms with Crippen LogP contribution in [0.5, 0.6) is 5.75 Å². The normalized spacial score (nSPS) is 13.7. The largest absolute Gasteiger partial charge is 0.490 e. The molecule has 0 bridgehead atoms. The predicted octanol–water partition coefficient (Wildman–Crippen LogP) is 4.54. The zero-order chi connectivity index (χ0) is 26.4. The highest BCUT2D eigenvalue weighted by Crippen LogP contribution is 2.33. The summed E-state index contributed by atoms with van der Waals surface area (Å²) in [5, 5.41) is 23.9. The van der Waals surface area contributed by atoms with Crippen LogP contribution in [0, 0.1) is 16.0 Å². The SMILES string of the molecule is CC(CCN)COCc1cc(Nc2nccc(-c3ccc(C(=O)O)cc3[N+](=O)[O-])n2)ccc1OC1CC1. The number of hydrogen-bond acceptors (Lipinski definition) is 9. The van der Waals surface area contributed by atoms with E-state index in [9.17, 15) is 20.0 Å². The number of nitrogens with zero attached hydrogens (tertiary/aromatic N) is 3. The van der Waals surface area contributed by atoms with E-state index >= 15 is 0 Å². The van der Waals surface area contributed by atoms with Crippen LogP contribution < -0.4 is 15.8 Å². The van der Waals surface area contributed by atoms with Gasteiger partial charge in [-0.2, -0.15) is 0 Å². The molecule has 194 valence electrons. The molecule has 0 aliphatic heterocycles. The molecule has 1 aromatic heterocycles. The number of carbonyl (C=O) groups is 1. The smallest absolute Gasteiger partial charge is 0.335 e. The van der Waals surface area contributed by atoms with Gasteiger partial charge in [-0.1, -0.05) is 6.92 Å². The van der Waals surface area contributed by atoms with Gasteiger partial charge in [0.05, 0.1) is 34.5 Å². The van der Waals surface area contributed by atoms with Crippen LogP contribution in [0.4, 0.5) is 17.3 Å². The fraction of sp³-hybridized carbons (Fsp3) is 0.346. The zero-order valence-corrected chi connectivity index (χ0v) is 20.4. The van der Waals surface area contributed by atoms with Crippen LogP contribution in [0.25, 0.3) is 11.3 Å². The Morgan fingerprint density at radius 3 is 2.78 bits per heavy atom. The van der Waals surface area contributed by atoms with E-state index in [0.29, 0.717) is 31.4 Å².